The fourth-order valence-corrected chi connectivity index (χ4v) is 5.15. The highest BCUT2D eigenvalue weighted by atomic mass is 32.1. The van der Waals surface area contributed by atoms with Crippen LogP contribution in [-0.2, 0) is 0 Å². The van der Waals surface area contributed by atoms with Gasteiger partial charge in [0.1, 0.15) is 5.58 Å². The Morgan fingerprint density at radius 3 is 2.74 bits per heavy atom. The van der Waals surface area contributed by atoms with Crippen molar-refractivity contribution in [2.24, 2.45) is 4.99 Å². The number of benzene rings is 3. The quantitative estimate of drug-likeness (QED) is 0.128. The van der Waals surface area contributed by atoms with E-state index in [1.165, 1.54) is 17.4 Å². The van der Waals surface area contributed by atoms with E-state index >= 15 is 0 Å². The van der Waals surface area contributed by atoms with Gasteiger partial charge in [-0.15, -0.1) is 0 Å². The zero-order valence-electron chi connectivity index (χ0n) is 18.3. The van der Waals surface area contributed by atoms with E-state index in [4.69, 9.17) is 9.40 Å². The van der Waals surface area contributed by atoms with Gasteiger partial charge in [-0.3, -0.25) is 19.5 Å². The van der Waals surface area contributed by atoms with E-state index in [9.17, 15) is 14.9 Å². The summed E-state index contributed by atoms with van der Waals surface area (Å²) in [5, 5.41) is 12.1. The molecule has 8 nitrogen and oxygen atoms in total. The lowest BCUT2D eigenvalue weighted by Gasteiger charge is -2.04. The number of aromatic nitrogens is 2. The molecule has 0 spiro atoms. The Morgan fingerprint density at radius 2 is 1.89 bits per heavy atom. The van der Waals surface area contributed by atoms with E-state index in [1.807, 2.05) is 52.9 Å². The Kier molecular flexibility index (Phi) is 4.78. The van der Waals surface area contributed by atoms with E-state index in [0.717, 1.165) is 16.4 Å². The van der Waals surface area contributed by atoms with Gasteiger partial charge in [-0.05, 0) is 37.3 Å². The zero-order valence-corrected chi connectivity index (χ0v) is 19.2. The number of hydrogen-bond donors (Lipinski definition) is 0. The van der Waals surface area contributed by atoms with Crippen molar-refractivity contribution in [3.8, 4) is 11.3 Å². The Bertz CT molecular complexity index is 1880. The first-order chi connectivity index (χ1) is 17.0. The second-order valence-corrected chi connectivity index (χ2v) is 9.01. The fraction of sp³-hybridized carbons (Fsp3) is 0.0385. The topological polar surface area (TPSA) is 103 Å². The maximum atomic E-state index is 13.1. The molecule has 9 heteroatoms. The molecular formula is C26H16N4O4S. The number of para-hydroxylation sites is 3. The molecule has 0 bridgehead atoms. The third-order valence-electron chi connectivity index (χ3n) is 5.81. The van der Waals surface area contributed by atoms with E-state index in [-0.39, 0.29) is 5.69 Å². The molecule has 35 heavy (non-hydrogen) atoms. The van der Waals surface area contributed by atoms with Crippen molar-refractivity contribution in [1.82, 2.24) is 9.38 Å². The molecule has 6 rings (SSSR count). The molecular weight excluding hydrogens is 464 g/mol. The molecule has 0 amide bonds. The first-order valence-electron chi connectivity index (χ1n) is 10.7. The van der Waals surface area contributed by atoms with Crippen LogP contribution in [0.2, 0.25) is 0 Å². The van der Waals surface area contributed by atoms with Gasteiger partial charge in [-0.25, -0.2) is 9.78 Å². The highest BCUT2D eigenvalue weighted by Crippen LogP contribution is 2.34. The molecule has 0 aliphatic rings. The second kappa shape index (κ2) is 8.00. The summed E-state index contributed by atoms with van der Waals surface area (Å²) < 4.78 is 7.55. The number of thiazole rings is 1. The van der Waals surface area contributed by atoms with E-state index in [0.29, 0.717) is 37.9 Å². The monoisotopic (exact) mass is 480 g/mol. The minimum atomic E-state index is -0.471. The van der Waals surface area contributed by atoms with Crippen LogP contribution in [0.1, 0.15) is 10.4 Å². The molecule has 3 heterocycles. The van der Waals surface area contributed by atoms with Crippen LogP contribution < -0.4 is 5.63 Å². The van der Waals surface area contributed by atoms with Gasteiger partial charge in [0, 0.05) is 23.2 Å². The van der Waals surface area contributed by atoms with Crippen molar-refractivity contribution in [2.75, 3.05) is 0 Å². The lowest BCUT2D eigenvalue weighted by atomic mass is 10.1. The SMILES string of the molecule is Cc1ccc(N=Cc2sc3nc4ccccc4n3c2-c2cc3ccccc3oc2=O)cc1[N+](=O)[O-]. The van der Waals surface area contributed by atoms with Crippen molar-refractivity contribution in [3.05, 3.63) is 104 Å². The molecule has 0 saturated heterocycles. The lowest BCUT2D eigenvalue weighted by molar-refractivity contribution is -0.385. The van der Waals surface area contributed by atoms with Crippen LogP contribution in [0.25, 0.3) is 38.2 Å². The van der Waals surface area contributed by atoms with Crippen molar-refractivity contribution < 1.29 is 9.34 Å². The van der Waals surface area contributed by atoms with E-state index < -0.39 is 10.5 Å². The molecule has 0 radical (unpaired) electrons. The van der Waals surface area contributed by atoms with Crippen molar-refractivity contribution in [3.63, 3.8) is 0 Å². The van der Waals surface area contributed by atoms with Crippen LogP contribution in [0.15, 0.2) is 87.0 Å². The molecule has 0 fully saturated rings. The predicted molar refractivity (Wildman–Crippen MR) is 137 cm³/mol. The number of nitro groups is 1. The molecule has 6 aromatic rings. The number of imidazole rings is 1. The zero-order chi connectivity index (χ0) is 24.1. The Hall–Kier alpha value is -4.63. The summed E-state index contributed by atoms with van der Waals surface area (Å²) in [6, 6.07) is 21.7. The number of fused-ring (bicyclic) bond motifs is 4. The van der Waals surface area contributed by atoms with Gasteiger partial charge in [0.25, 0.3) is 5.69 Å². The number of nitrogens with zero attached hydrogens (tertiary/aromatic N) is 4. The number of hydrogen-bond acceptors (Lipinski definition) is 7. The Labute approximate surface area is 201 Å². The maximum Gasteiger partial charge on any atom is 0.345 e. The van der Waals surface area contributed by atoms with Gasteiger partial charge in [0.05, 0.1) is 37.8 Å². The smallest absolute Gasteiger partial charge is 0.345 e. The summed E-state index contributed by atoms with van der Waals surface area (Å²) in [4.78, 5) is 34.6. The highest BCUT2D eigenvalue weighted by Gasteiger charge is 2.21. The van der Waals surface area contributed by atoms with Crippen LogP contribution in [0, 0.1) is 17.0 Å². The van der Waals surface area contributed by atoms with Crippen molar-refractivity contribution >= 4 is 55.9 Å². The molecule has 0 aliphatic heterocycles. The highest BCUT2D eigenvalue weighted by molar-refractivity contribution is 7.19. The molecule has 0 atom stereocenters. The molecule has 0 unspecified atom stereocenters. The second-order valence-electron chi connectivity index (χ2n) is 8.00. The van der Waals surface area contributed by atoms with Gasteiger partial charge < -0.3 is 4.42 Å². The molecule has 0 N–H and O–H groups in total. The molecule has 0 aliphatic carbocycles. The van der Waals surface area contributed by atoms with Gasteiger partial charge >= 0.3 is 5.63 Å². The van der Waals surface area contributed by atoms with Crippen molar-refractivity contribution in [1.29, 1.82) is 0 Å². The van der Waals surface area contributed by atoms with Crippen LogP contribution in [0.4, 0.5) is 11.4 Å². The number of aliphatic imine (C=N–C) groups is 1. The van der Waals surface area contributed by atoms with Gasteiger partial charge in [0.2, 0.25) is 0 Å². The predicted octanol–water partition coefficient (Wildman–Crippen LogP) is 6.29. The van der Waals surface area contributed by atoms with E-state index in [1.54, 1.807) is 31.3 Å². The fourth-order valence-electron chi connectivity index (χ4n) is 4.12. The first kappa shape index (κ1) is 20.9. The van der Waals surface area contributed by atoms with Crippen LogP contribution in [0.5, 0.6) is 0 Å². The first-order valence-corrected chi connectivity index (χ1v) is 11.5. The maximum absolute atomic E-state index is 13.1. The van der Waals surface area contributed by atoms with Gasteiger partial charge in [0.15, 0.2) is 4.96 Å². The summed E-state index contributed by atoms with van der Waals surface area (Å²) in [7, 11) is 0. The molecule has 3 aromatic carbocycles. The van der Waals surface area contributed by atoms with Crippen LogP contribution in [-0.4, -0.2) is 20.5 Å². The third kappa shape index (κ3) is 3.49. The normalized spacial score (nSPS) is 11.8. The standard InChI is InChI=1S/C26H16N4O4S/c1-15-10-11-17(13-21(15)30(32)33)27-14-23-24(18-12-16-6-2-5-9-22(16)34-25(18)31)29-20-8-4-3-7-19(20)28-26(29)35-23/h2-14H,1H3. The molecule has 0 saturated carbocycles. The van der Waals surface area contributed by atoms with E-state index in [2.05, 4.69) is 4.99 Å². The van der Waals surface area contributed by atoms with Gasteiger partial charge in [-0.2, -0.15) is 0 Å². The molecule has 170 valence electrons. The third-order valence-corrected chi connectivity index (χ3v) is 6.78. The van der Waals surface area contributed by atoms with Crippen LogP contribution in [0.3, 0.4) is 0 Å². The number of rotatable bonds is 4. The largest absolute Gasteiger partial charge is 0.422 e. The summed E-state index contributed by atoms with van der Waals surface area (Å²) in [6.45, 7) is 1.68. The summed E-state index contributed by atoms with van der Waals surface area (Å²) in [5.41, 5.74) is 3.70. The average molecular weight is 481 g/mol. The average Bonchev–Trinajstić information content (AvgIpc) is 3.38. The van der Waals surface area contributed by atoms with Gasteiger partial charge in [-0.1, -0.05) is 47.7 Å². The lowest BCUT2D eigenvalue weighted by Crippen LogP contribution is -2.05. The minimum absolute atomic E-state index is 0.00187. The number of aryl methyl sites for hydroxylation is 1. The van der Waals surface area contributed by atoms with Crippen molar-refractivity contribution in [2.45, 2.75) is 6.92 Å². The van der Waals surface area contributed by atoms with Crippen LogP contribution >= 0.6 is 11.3 Å². The molecule has 3 aromatic heterocycles. The summed E-state index contributed by atoms with van der Waals surface area (Å²) in [6.07, 6.45) is 1.62. The summed E-state index contributed by atoms with van der Waals surface area (Å²) in [5.74, 6) is 0. The Balaban J connectivity index is 1.60. The summed E-state index contributed by atoms with van der Waals surface area (Å²) >= 11 is 1.38. The minimum Gasteiger partial charge on any atom is -0.422 e. The Morgan fingerprint density at radius 1 is 1.09 bits per heavy atom. The number of nitro benzene ring substituents is 1.